The number of hydrogen-bond donors (Lipinski definition) is 2. The van der Waals surface area contributed by atoms with Crippen LogP contribution in [0.1, 0.15) is 42.6 Å². The van der Waals surface area contributed by atoms with Gasteiger partial charge in [0.25, 0.3) is 0 Å². The molecule has 1 atom stereocenters. The van der Waals surface area contributed by atoms with Crippen LogP contribution in [0.4, 0.5) is 13.2 Å². The summed E-state index contributed by atoms with van der Waals surface area (Å²) >= 11 is 0. The molecule has 0 radical (unpaired) electrons. The lowest BCUT2D eigenvalue weighted by atomic mass is 9.87. The second-order valence-corrected chi connectivity index (χ2v) is 7.02. The van der Waals surface area contributed by atoms with Crippen molar-refractivity contribution in [1.82, 2.24) is 10.6 Å². The summed E-state index contributed by atoms with van der Waals surface area (Å²) in [5, 5.41) is 5.48. The van der Waals surface area contributed by atoms with Crippen molar-refractivity contribution in [2.75, 3.05) is 0 Å². The maximum atomic E-state index is 13.0. The summed E-state index contributed by atoms with van der Waals surface area (Å²) in [5.74, 6) is 0.268. The molecule has 28 heavy (non-hydrogen) atoms. The fraction of sp³-hybridized carbons (Fsp3) is 0.400. The third-order valence-electron chi connectivity index (χ3n) is 4.96. The van der Waals surface area contributed by atoms with Crippen LogP contribution in [0.25, 0.3) is 0 Å². The SMILES string of the molecule is O=C(CC[C@]1(Cc2ccco2)CCC(=O)N1)NCc1ccccc1C(F)(F)F. The van der Waals surface area contributed by atoms with Crippen LogP contribution in [0, 0.1) is 0 Å². The van der Waals surface area contributed by atoms with E-state index in [1.54, 1.807) is 18.4 Å². The zero-order valence-corrected chi connectivity index (χ0v) is 15.1. The van der Waals surface area contributed by atoms with Crippen molar-refractivity contribution in [1.29, 1.82) is 0 Å². The minimum absolute atomic E-state index is 0.0165. The average molecular weight is 394 g/mol. The summed E-state index contributed by atoms with van der Waals surface area (Å²) < 4.78 is 44.4. The van der Waals surface area contributed by atoms with Crippen molar-refractivity contribution in [3.05, 3.63) is 59.5 Å². The van der Waals surface area contributed by atoms with Crippen molar-refractivity contribution in [2.24, 2.45) is 0 Å². The molecule has 2 N–H and O–H groups in total. The van der Waals surface area contributed by atoms with Gasteiger partial charge in [0, 0.05) is 31.3 Å². The van der Waals surface area contributed by atoms with Crippen molar-refractivity contribution < 1.29 is 27.2 Å². The largest absolute Gasteiger partial charge is 0.469 e. The van der Waals surface area contributed by atoms with Crippen LogP contribution < -0.4 is 10.6 Å². The van der Waals surface area contributed by atoms with Gasteiger partial charge < -0.3 is 15.1 Å². The van der Waals surface area contributed by atoms with Crippen molar-refractivity contribution in [3.8, 4) is 0 Å². The van der Waals surface area contributed by atoms with E-state index >= 15 is 0 Å². The van der Waals surface area contributed by atoms with E-state index in [0.717, 1.165) is 6.07 Å². The van der Waals surface area contributed by atoms with E-state index in [1.807, 2.05) is 0 Å². The first-order valence-electron chi connectivity index (χ1n) is 9.03. The Morgan fingerprint density at radius 2 is 2.00 bits per heavy atom. The zero-order chi connectivity index (χ0) is 20.2. The Morgan fingerprint density at radius 1 is 1.21 bits per heavy atom. The minimum atomic E-state index is -4.47. The van der Waals surface area contributed by atoms with Crippen LogP contribution in [0.5, 0.6) is 0 Å². The first kappa shape index (κ1) is 20.0. The highest BCUT2D eigenvalue weighted by Crippen LogP contribution is 2.32. The van der Waals surface area contributed by atoms with Crippen LogP contribution in [0.15, 0.2) is 47.1 Å². The number of furan rings is 1. The maximum absolute atomic E-state index is 13.0. The first-order valence-corrected chi connectivity index (χ1v) is 9.03. The molecule has 0 bridgehead atoms. The number of carbonyl (C=O) groups excluding carboxylic acids is 2. The van der Waals surface area contributed by atoms with Gasteiger partial charge in [-0.15, -0.1) is 0 Å². The topological polar surface area (TPSA) is 71.3 Å². The van der Waals surface area contributed by atoms with E-state index < -0.39 is 17.3 Å². The normalized spacial score (nSPS) is 19.5. The van der Waals surface area contributed by atoms with E-state index in [1.165, 1.54) is 18.2 Å². The lowest BCUT2D eigenvalue weighted by molar-refractivity contribution is -0.138. The van der Waals surface area contributed by atoms with E-state index in [9.17, 15) is 22.8 Å². The predicted molar refractivity (Wildman–Crippen MR) is 95.0 cm³/mol. The Balaban J connectivity index is 1.58. The van der Waals surface area contributed by atoms with Crippen LogP contribution in [-0.2, 0) is 28.7 Å². The zero-order valence-electron chi connectivity index (χ0n) is 15.1. The lowest BCUT2D eigenvalue weighted by Crippen LogP contribution is -2.44. The molecule has 5 nitrogen and oxygen atoms in total. The van der Waals surface area contributed by atoms with Gasteiger partial charge >= 0.3 is 6.18 Å². The van der Waals surface area contributed by atoms with Crippen LogP contribution in [-0.4, -0.2) is 17.4 Å². The number of rotatable bonds is 7. The van der Waals surface area contributed by atoms with Gasteiger partial charge in [0.15, 0.2) is 0 Å². The fourth-order valence-corrected chi connectivity index (χ4v) is 3.51. The molecule has 1 fully saturated rings. The van der Waals surface area contributed by atoms with Gasteiger partial charge in [-0.1, -0.05) is 18.2 Å². The minimum Gasteiger partial charge on any atom is -0.469 e. The molecule has 1 aromatic carbocycles. The summed E-state index contributed by atoms with van der Waals surface area (Å²) in [6, 6.07) is 8.72. The van der Waals surface area contributed by atoms with E-state index in [-0.39, 0.29) is 30.3 Å². The Morgan fingerprint density at radius 3 is 2.64 bits per heavy atom. The van der Waals surface area contributed by atoms with Crippen LogP contribution in [0.3, 0.4) is 0 Å². The Hall–Kier alpha value is -2.77. The smallest absolute Gasteiger partial charge is 0.416 e. The number of amides is 2. The highest BCUT2D eigenvalue weighted by atomic mass is 19.4. The highest BCUT2D eigenvalue weighted by Gasteiger charge is 2.38. The summed E-state index contributed by atoms with van der Waals surface area (Å²) in [6.45, 7) is -0.202. The first-order chi connectivity index (χ1) is 13.3. The monoisotopic (exact) mass is 394 g/mol. The van der Waals surface area contributed by atoms with Crippen LogP contribution in [0.2, 0.25) is 0 Å². The molecule has 0 spiro atoms. The second-order valence-electron chi connectivity index (χ2n) is 7.02. The molecule has 1 aliphatic rings. The molecule has 2 heterocycles. The van der Waals surface area contributed by atoms with E-state index in [0.29, 0.717) is 31.4 Å². The molecular weight excluding hydrogens is 373 g/mol. The number of hydrogen-bond acceptors (Lipinski definition) is 3. The molecule has 150 valence electrons. The van der Waals surface area contributed by atoms with Crippen molar-refractivity contribution in [2.45, 2.75) is 50.4 Å². The Kier molecular flexibility index (Phi) is 5.76. The van der Waals surface area contributed by atoms with Gasteiger partial charge in [-0.25, -0.2) is 0 Å². The van der Waals surface area contributed by atoms with Gasteiger partial charge in [0.05, 0.1) is 11.8 Å². The summed E-state index contributed by atoms with van der Waals surface area (Å²) in [5.41, 5.74) is -1.31. The molecule has 0 saturated carbocycles. The quantitative estimate of drug-likeness (QED) is 0.754. The average Bonchev–Trinajstić information content (AvgIpc) is 3.28. The third kappa shape index (κ3) is 4.94. The highest BCUT2D eigenvalue weighted by molar-refractivity contribution is 5.80. The lowest BCUT2D eigenvalue weighted by Gasteiger charge is -2.28. The van der Waals surface area contributed by atoms with Gasteiger partial charge in [0.1, 0.15) is 5.76 Å². The summed E-state index contributed by atoms with van der Waals surface area (Å²) in [4.78, 5) is 24.0. The number of alkyl halides is 3. The molecule has 1 aromatic heterocycles. The molecule has 2 amide bonds. The van der Waals surface area contributed by atoms with Gasteiger partial charge in [-0.3, -0.25) is 9.59 Å². The number of benzene rings is 1. The molecular formula is C20H21F3N2O3. The molecule has 8 heteroatoms. The number of nitrogens with one attached hydrogen (secondary N) is 2. The number of carbonyl (C=O) groups is 2. The Labute approximate surface area is 160 Å². The number of halogens is 3. The Bertz CT molecular complexity index is 833. The van der Waals surface area contributed by atoms with Gasteiger partial charge in [-0.2, -0.15) is 13.2 Å². The maximum Gasteiger partial charge on any atom is 0.416 e. The molecule has 2 aromatic rings. The summed E-state index contributed by atoms with van der Waals surface area (Å²) in [7, 11) is 0. The van der Waals surface area contributed by atoms with Gasteiger partial charge in [0.2, 0.25) is 11.8 Å². The van der Waals surface area contributed by atoms with E-state index in [2.05, 4.69) is 10.6 Å². The predicted octanol–water partition coefficient (Wildman–Crippen LogP) is 3.59. The molecule has 1 aliphatic heterocycles. The summed E-state index contributed by atoms with van der Waals surface area (Å²) in [6.07, 6.45) is -1.03. The van der Waals surface area contributed by atoms with E-state index in [4.69, 9.17) is 4.42 Å². The molecule has 0 unspecified atom stereocenters. The van der Waals surface area contributed by atoms with Crippen LogP contribution >= 0.6 is 0 Å². The second kappa shape index (κ2) is 8.08. The third-order valence-corrected chi connectivity index (χ3v) is 4.96. The van der Waals surface area contributed by atoms with Crippen molar-refractivity contribution >= 4 is 11.8 Å². The standard InChI is InChI=1S/C20H21F3N2O3/c21-20(22,23)16-6-2-1-4-14(16)13-24-17(26)7-9-19(10-8-18(27)25-19)12-15-5-3-11-28-15/h1-6,11H,7-10,12-13H2,(H,24,26)(H,25,27)/t19-/m1/s1. The fourth-order valence-electron chi connectivity index (χ4n) is 3.51. The molecule has 0 aliphatic carbocycles. The van der Waals surface area contributed by atoms with Gasteiger partial charge in [-0.05, 0) is 36.6 Å². The molecule has 1 saturated heterocycles. The molecule has 3 rings (SSSR count). The van der Waals surface area contributed by atoms with Crippen molar-refractivity contribution in [3.63, 3.8) is 0 Å².